The van der Waals surface area contributed by atoms with Crippen LogP contribution in [0, 0.1) is 0 Å². The van der Waals surface area contributed by atoms with Gasteiger partial charge in [-0.2, -0.15) is 0 Å². The predicted molar refractivity (Wildman–Crippen MR) is 78.3 cm³/mol. The van der Waals surface area contributed by atoms with Gasteiger partial charge in [0, 0.05) is 19.6 Å². The number of hydrogen-bond donors (Lipinski definition) is 1. The van der Waals surface area contributed by atoms with Crippen LogP contribution in [0.4, 0.5) is 0 Å². The fourth-order valence-corrected chi connectivity index (χ4v) is 2.43. The summed E-state index contributed by atoms with van der Waals surface area (Å²) in [5, 5.41) is 3.18. The standard InChI is InChI=1S/C16H24N2O/c1-16(2,3)13-7-5-12(6-8-13)9-14-10-17-11-15(19)18(14)4/h5-8,14,17H,9-11H2,1-4H3. The van der Waals surface area contributed by atoms with Gasteiger partial charge in [-0.15, -0.1) is 0 Å². The number of nitrogens with zero attached hydrogens (tertiary/aromatic N) is 1. The minimum absolute atomic E-state index is 0.183. The monoisotopic (exact) mass is 260 g/mol. The summed E-state index contributed by atoms with van der Waals surface area (Å²) in [6.45, 7) is 8.01. The Labute approximate surface area is 116 Å². The Morgan fingerprint density at radius 1 is 1.26 bits per heavy atom. The third-order valence-electron chi connectivity index (χ3n) is 3.89. The van der Waals surface area contributed by atoms with Crippen molar-refractivity contribution < 1.29 is 4.79 Å². The molecule has 0 spiro atoms. The molecule has 2 rings (SSSR count). The van der Waals surface area contributed by atoms with Crippen LogP contribution in [0.2, 0.25) is 0 Å². The second-order valence-corrected chi connectivity index (χ2v) is 6.44. The number of hydrogen-bond acceptors (Lipinski definition) is 2. The second-order valence-electron chi connectivity index (χ2n) is 6.44. The first kappa shape index (κ1) is 14.1. The van der Waals surface area contributed by atoms with E-state index in [1.54, 1.807) is 0 Å². The number of piperazine rings is 1. The molecule has 0 aromatic heterocycles. The van der Waals surface area contributed by atoms with E-state index in [0.29, 0.717) is 6.54 Å². The van der Waals surface area contributed by atoms with Crippen LogP contribution < -0.4 is 5.32 Å². The van der Waals surface area contributed by atoms with Crippen LogP contribution in [0.1, 0.15) is 31.9 Å². The SMILES string of the molecule is CN1C(=O)CNCC1Cc1ccc(C(C)(C)C)cc1. The normalized spacial score (nSPS) is 20.7. The molecule has 1 unspecified atom stereocenters. The fraction of sp³-hybridized carbons (Fsp3) is 0.562. The van der Waals surface area contributed by atoms with Gasteiger partial charge in [0.25, 0.3) is 0 Å². The molecule has 1 aliphatic rings. The highest BCUT2D eigenvalue weighted by Gasteiger charge is 2.24. The van der Waals surface area contributed by atoms with Crippen LogP contribution in [0.25, 0.3) is 0 Å². The van der Waals surface area contributed by atoms with Crippen LogP contribution in [0.15, 0.2) is 24.3 Å². The van der Waals surface area contributed by atoms with E-state index in [1.165, 1.54) is 11.1 Å². The zero-order valence-corrected chi connectivity index (χ0v) is 12.4. The first-order chi connectivity index (χ1) is 8.88. The van der Waals surface area contributed by atoms with Crippen molar-refractivity contribution >= 4 is 5.91 Å². The van der Waals surface area contributed by atoms with Crippen molar-refractivity contribution in [3.8, 4) is 0 Å². The lowest BCUT2D eigenvalue weighted by atomic mass is 9.86. The number of likely N-dealkylation sites (N-methyl/N-ethyl adjacent to an activating group) is 1. The third-order valence-corrected chi connectivity index (χ3v) is 3.89. The minimum Gasteiger partial charge on any atom is -0.340 e. The number of carbonyl (C=O) groups excluding carboxylic acids is 1. The third kappa shape index (κ3) is 3.35. The van der Waals surface area contributed by atoms with Gasteiger partial charge in [-0.3, -0.25) is 4.79 Å². The molecule has 1 aliphatic heterocycles. The van der Waals surface area contributed by atoms with E-state index in [0.717, 1.165) is 13.0 Å². The van der Waals surface area contributed by atoms with Crippen LogP contribution in [0.3, 0.4) is 0 Å². The van der Waals surface area contributed by atoms with Crippen molar-refractivity contribution in [2.24, 2.45) is 0 Å². The maximum atomic E-state index is 11.6. The molecule has 0 aliphatic carbocycles. The summed E-state index contributed by atoms with van der Waals surface area (Å²) >= 11 is 0. The lowest BCUT2D eigenvalue weighted by Crippen LogP contribution is -2.53. The molecule has 3 nitrogen and oxygen atoms in total. The Balaban J connectivity index is 2.05. The molecule has 1 saturated heterocycles. The van der Waals surface area contributed by atoms with E-state index in [-0.39, 0.29) is 17.4 Å². The van der Waals surface area contributed by atoms with Gasteiger partial charge in [0.2, 0.25) is 5.91 Å². The predicted octanol–water partition coefficient (Wildman–Crippen LogP) is 1.96. The van der Waals surface area contributed by atoms with E-state index in [9.17, 15) is 4.79 Å². The van der Waals surface area contributed by atoms with Gasteiger partial charge in [-0.05, 0) is 23.0 Å². The van der Waals surface area contributed by atoms with Gasteiger partial charge in [-0.25, -0.2) is 0 Å². The summed E-state index contributed by atoms with van der Waals surface area (Å²) in [7, 11) is 1.90. The molecule has 19 heavy (non-hydrogen) atoms. The van der Waals surface area contributed by atoms with Gasteiger partial charge in [-0.1, -0.05) is 45.0 Å². The van der Waals surface area contributed by atoms with Crippen molar-refractivity contribution in [1.29, 1.82) is 0 Å². The number of amides is 1. The Bertz CT molecular complexity index is 445. The van der Waals surface area contributed by atoms with E-state index >= 15 is 0 Å². The molecule has 0 saturated carbocycles. The van der Waals surface area contributed by atoms with Crippen molar-refractivity contribution in [3.63, 3.8) is 0 Å². The Hall–Kier alpha value is -1.35. The maximum absolute atomic E-state index is 11.6. The van der Waals surface area contributed by atoms with E-state index in [2.05, 4.69) is 50.4 Å². The van der Waals surface area contributed by atoms with Gasteiger partial charge in [0.1, 0.15) is 0 Å². The molecule has 3 heteroatoms. The molecule has 1 heterocycles. The first-order valence-corrected chi connectivity index (χ1v) is 6.94. The molecule has 104 valence electrons. The van der Waals surface area contributed by atoms with E-state index in [1.807, 2.05) is 11.9 Å². The fourth-order valence-electron chi connectivity index (χ4n) is 2.43. The average Bonchev–Trinajstić information content (AvgIpc) is 2.35. The van der Waals surface area contributed by atoms with Crippen molar-refractivity contribution in [2.45, 2.75) is 38.6 Å². The zero-order valence-electron chi connectivity index (χ0n) is 12.4. The highest BCUT2D eigenvalue weighted by Crippen LogP contribution is 2.22. The molecule has 0 bridgehead atoms. The van der Waals surface area contributed by atoms with Crippen LogP contribution in [0.5, 0.6) is 0 Å². The lowest BCUT2D eigenvalue weighted by molar-refractivity contribution is -0.133. The molecular weight excluding hydrogens is 236 g/mol. The van der Waals surface area contributed by atoms with Gasteiger partial charge in [0.05, 0.1) is 6.54 Å². The molecular formula is C16H24N2O. The minimum atomic E-state index is 0.183. The second kappa shape index (κ2) is 5.33. The number of carbonyl (C=O) groups is 1. The van der Waals surface area contributed by atoms with Crippen molar-refractivity contribution in [2.75, 3.05) is 20.1 Å². The summed E-state index contributed by atoms with van der Waals surface area (Å²) < 4.78 is 0. The largest absolute Gasteiger partial charge is 0.340 e. The highest BCUT2D eigenvalue weighted by atomic mass is 16.2. The average molecular weight is 260 g/mol. The number of rotatable bonds is 2. The highest BCUT2D eigenvalue weighted by molar-refractivity contribution is 5.79. The van der Waals surface area contributed by atoms with E-state index < -0.39 is 0 Å². The van der Waals surface area contributed by atoms with E-state index in [4.69, 9.17) is 0 Å². The van der Waals surface area contributed by atoms with Gasteiger partial charge >= 0.3 is 0 Å². The van der Waals surface area contributed by atoms with Crippen LogP contribution >= 0.6 is 0 Å². The zero-order chi connectivity index (χ0) is 14.0. The summed E-state index contributed by atoms with van der Waals surface area (Å²) in [6.07, 6.45) is 0.916. The summed E-state index contributed by atoms with van der Waals surface area (Å²) in [6, 6.07) is 9.05. The molecule has 1 fully saturated rings. The molecule has 1 N–H and O–H groups in total. The quantitative estimate of drug-likeness (QED) is 0.881. The maximum Gasteiger partial charge on any atom is 0.236 e. The summed E-state index contributed by atoms with van der Waals surface area (Å²) in [5.41, 5.74) is 2.83. The Morgan fingerprint density at radius 2 is 1.89 bits per heavy atom. The molecule has 1 aromatic carbocycles. The smallest absolute Gasteiger partial charge is 0.236 e. The van der Waals surface area contributed by atoms with Crippen LogP contribution in [-0.4, -0.2) is 37.0 Å². The van der Waals surface area contributed by atoms with Crippen molar-refractivity contribution in [1.82, 2.24) is 10.2 Å². The summed E-state index contributed by atoms with van der Waals surface area (Å²) in [4.78, 5) is 13.5. The topological polar surface area (TPSA) is 32.3 Å². The van der Waals surface area contributed by atoms with Crippen LogP contribution in [-0.2, 0) is 16.6 Å². The van der Waals surface area contributed by atoms with Crippen molar-refractivity contribution in [3.05, 3.63) is 35.4 Å². The first-order valence-electron chi connectivity index (χ1n) is 6.94. The van der Waals surface area contributed by atoms with Gasteiger partial charge in [0.15, 0.2) is 0 Å². The lowest BCUT2D eigenvalue weighted by Gasteiger charge is -2.33. The van der Waals surface area contributed by atoms with Gasteiger partial charge < -0.3 is 10.2 Å². The molecule has 1 amide bonds. The number of benzene rings is 1. The molecule has 1 atom stereocenters. The Kier molecular flexibility index (Phi) is 3.95. The summed E-state index contributed by atoms with van der Waals surface area (Å²) in [5.74, 6) is 0.183. The molecule has 0 radical (unpaired) electrons. The Morgan fingerprint density at radius 3 is 2.47 bits per heavy atom. The molecule has 1 aromatic rings. The number of nitrogens with one attached hydrogen (secondary N) is 1.